The highest BCUT2D eigenvalue weighted by Gasteiger charge is 2.19. The van der Waals surface area contributed by atoms with E-state index < -0.39 is 6.10 Å². The summed E-state index contributed by atoms with van der Waals surface area (Å²) in [6.07, 6.45) is 3.43. The third kappa shape index (κ3) is 6.03. The first-order valence-electron chi connectivity index (χ1n) is 8.10. The van der Waals surface area contributed by atoms with Crippen LogP contribution in [-0.4, -0.2) is 41.3 Å². The molecular formula is C18H26N2O2S. The quantitative estimate of drug-likeness (QED) is 0.722. The third-order valence-electron chi connectivity index (χ3n) is 3.76. The summed E-state index contributed by atoms with van der Waals surface area (Å²) >= 11 is 1.67. The van der Waals surface area contributed by atoms with Crippen LogP contribution >= 0.6 is 11.3 Å². The zero-order chi connectivity index (χ0) is 16.5. The van der Waals surface area contributed by atoms with E-state index in [0.717, 1.165) is 18.5 Å². The Morgan fingerprint density at radius 3 is 2.83 bits per heavy atom. The number of hydrogen-bond donors (Lipinski definition) is 1. The van der Waals surface area contributed by atoms with Crippen LogP contribution in [0, 0.1) is 0 Å². The van der Waals surface area contributed by atoms with E-state index in [1.165, 1.54) is 4.88 Å². The molecule has 0 amide bonds. The largest absolute Gasteiger partial charge is 0.389 e. The number of aromatic nitrogens is 1. The van der Waals surface area contributed by atoms with E-state index in [9.17, 15) is 5.11 Å². The Morgan fingerprint density at radius 2 is 2.17 bits per heavy atom. The first-order valence-corrected chi connectivity index (χ1v) is 8.98. The molecule has 1 N–H and O–H groups in total. The molecule has 0 bridgehead atoms. The lowest BCUT2D eigenvalue weighted by molar-refractivity contribution is 0.00716. The number of likely N-dealkylation sites (N-methyl/N-ethyl adjacent to an activating group) is 1. The maximum absolute atomic E-state index is 10.2. The van der Waals surface area contributed by atoms with Crippen LogP contribution in [0.25, 0.3) is 0 Å². The Bertz CT molecular complexity index is 533. The van der Waals surface area contributed by atoms with Gasteiger partial charge in [0.15, 0.2) is 0 Å². The summed E-state index contributed by atoms with van der Waals surface area (Å²) in [5.74, 6) is 0. The van der Waals surface area contributed by atoms with Gasteiger partial charge in [0.05, 0.1) is 31.1 Å². The summed E-state index contributed by atoms with van der Waals surface area (Å²) in [4.78, 5) is 7.82. The second-order valence-corrected chi connectivity index (χ2v) is 6.78. The maximum atomic E-state index is 10.2. The van der Waals surface area contributed by atoms with Gasteiger partial charge >= 0.3 is 0 Å². The van der Waals surface area contributed by atoms with Crippen molar-refractivity contribution in [3.8, 4) is 0 Å². The number of aliphatic hydroxyl groups excluding tert-OH is 1. The molecule has 0 aliphatic rings. The van der Waals surface area contributed by atoms with Crippen LogP contribution in [0.2, 0.25) is 0 Å². The van der Waals surface area contributed by atoms with Crippen molar-refractivity contribution < 1.29 is 9.84 Å². The van der Waals surface area contributed by atoms with E-state index in [2.05, 4.69) is 22.9 Å². The van der Waals surface area contributed by atoms with Gasteiger partial charge in [-0.15, -0.1) is 11.3 Å². The van der Waals surface area contributed by atoms with Crippen LogP contribution in [-0.2, 0) is 11.3 Å². The Labute approximate surface area is 142 Å². The van der Waals surface area contributed by atoms with Crippen molar-refractivity contribution in [1.29, 1.82) is 0 Å². The maximum Gasteiger partial charge on any atom is 0.0900 e. The Kier molecular flexibility index (Phi) is 7.68. The summed E-state index contributed by atoms with van der Waals surface area (Å²) in [6, 6.07) is 10.3. The van der Waals surface area contributed by atoms with Gasteiger partial charge in [-0.05, 0) is 37.0 Å². The van der Waals surface area contributed by atoms with Gasteiger partial charge in [0.1, 0.15) is 0 Å². The number of rotatable bonds is 10. The van der Waals surface area contributed by atoms with Crippen molar-refractivity contribution in [1.82, 2.24) is 9.88 Å². The van der Waals surface area contributed by atoms with E-state index >= 15 is 0 Å². The average molecular weight is 334 g/mol. The molecule has 126 valence electrons. The fraction of sp³-hybridized carbons (Fsp3) is 0.500. The second kappa shape index (κ2) is 9.78. The predicted octanol–water partition coefficient (Wildman–Crippen LogP) is 3.49. The Hall–Kier alpha value is -1.27. The third-order valence-corrected chi connectivity index (χ3v) is 4.61. The van der Waals surface area contributed by atoms with Crippen LogP contribution in [0.5, 0.6) is 0 Å². The summed E-state index contributed by atoms with van der Waals surface area (Å²) in [5, 5.41) is 12.3. The molecule has 0 fully saturated rings. The average Bonchev–Trinajstić information content (AvgIpc) is 3.06. The highest BCUT2D eigenvalue weighted by atomic mass is 32.1. The van der Waals surface area contributed by atoms with Gasteiger partial charge in [-0.3, -0.25) is 9.88 Å². The molecule has 23 heavy (non-hydrogen) atoms. The van der Waals surface area contributed by atoms with Crippen molar-refractivity contribution in [2.45, 2.75) is 38.5 Å². The summed E-state index contributed by atoms with van der Waals surface area (Å²) in [7, 11) is 2.04. The predicted molar refractivity (Wildman–Crippen MR) is 94.5 cm³/mol. The van der Waals surface area contributed by atoms with Crippen LogP contribution in [0.15, 0.2) is 41.9 Å². The number of aliphatic hydroxyl groups is 1. The molecule has 2 unspecified atom stereocenters. The van der Waals surface area contributed by atoms with Crippen molar-refractivity contribution in [2.75, 3.05) is 20.2 Å². The molecule has 0 aliphatic heterocycles. The standard InChI is InChI=1S/C18H26N2O2S/c1-3-7-18(17-9-4-5-10-19-17)20(2)12-15(21)13-22-14-16-8-6-11-23-16/h4-6,8-11,15,18,21H,3,7,12-14H2,1-2H3. The topological polar surface area (TPSA) is 45.6 Å². The molecular weight excluding hydrogens is 308 g/mol. The van der Waals surface area contributed by atoms with Crippen molar-refractivity contribution in [3.63, 3.8) is 0 Å². The van der Waals surface area contributed by atoms with Crippen LogP contribution in [0.3, 0.4) is 0 Å². The van der Waals surface area contributed by atoms with E-state index in [4.69, 9.17) is 4.74 Å². The van der Waals surface area contributed by atoms with E-state index in [0.29, 0.717) is 19.8 Å². The number of pyridine rings is 1. The molecule has 2 aromatic rings. The van der Waals surface area contributed by atoms with Gasteiger partial charge in [0.25, 0.3) is 0 Å². The van der Waals surface area contributed by atoms with Gasteiger partial charge in [-0.1, -0.05) is 25.5 Å². The van der Waals surface area contributed by atoms with Gasteiger partial charge in [0, 0.05) is 17.6 Å². The number of thiophene rings is 1. The van der Waals surface area contributed by atoms with Gasteiger partial charge in [0.2, 0.25) is 0 Å². The molecule has 0 aliphatic carbocycles. The first-order chi connectivity index (χ1) is 11.2. The number of hydrogen-bond acceptors (Lipinski definition) is 5. The molecule has 2 atom stereocenters. The Morgan fingerprint density at radius 1 is 1.30 bits per heavy atom. The molecule has 4 nitrogen and oxygen atoms in total. The van der Waals surface area contributed by atoms with E-state index in [-0.39, 0.29) is 6.04 Å². The number of nitrogens with zero attached hydrogens (tertiary/aromatic N) is 2. The molecule has 0 saturated carbocycles. The Balaban J connectivity index is 1.81. The highest BCUT2D eigenvalue weighted by Crippen LogP contribution is 2.22. The first kappa shape index (κ1) is 18.1. The molecule has 2 rings (SSSR count). The van der Waals surface area contributed by atoms with E-state index in [1.807, 2.05) is 42.9 Å². The molecule has 0 saturated heterocycles. The van der Waals surface area contributed by atoms with Crippen LogP contribution in [0.1, 0.15) is 36.4 Å². The normalized spacial score (nSPS) is 14.1. The zero-order valence-corrected chi connectivity index (χ0v) is 14.7. The smallest absolute Gasteiger partial charge is 0.0900 e. The lowest BCUT2D eigenvalue weighted by Crippen LogP contribution is -2.35. The molecule has 0 spiro atoms. The number of ether oxygens (including phenoxy) is 1. The minimum atomic E-state index is -0.497. The molecule has 0 radical (unpaired) electrons. The van der Waals surface area contributed by atoms with Crippen LogP contribution < -0.4 is 0 Å². The molecule has 2 heterocycles. The van der Waals surface area contributed by atoms with Crippen molar-refractivity contribution >= 4 is 11.3 Å². The van der Waals surface area contributed by atoms with Gasteiger partial charge in [-0.25, -0.2) is 0 Å². The fourth-order valence-corrected chi connectivity index (χ4v) is 3.28. The lowest BCUT2D eigenvalue weighted by atomic mass is 10.1. The van der Waals surface area contributed by atoms with Crippen molar-refractivity contribution in [2.24, 2.45) is 0 Å². The summed E-state index contributed by atoms with van der Waals surface area (Å²) in [6.45, 7) is 3.66. The monoisotopic (exact) mass is 334 g/mol. The van der Waals surface area contributed by atoms with Gasteiger partial charge in [-0.2, -0.15) is 0 Å². The molecule has 0 aromatic carbocycles. The van der Waals surface area contributed by atoms with E-state index in [1.54, 1.807) is 11.3 Å². The highest BCUT2D eigenvalue weighted by molar-refractivity contribution is 7.09. The zero-order valence-electron chi connectivity index (χ0n) is 13.9. The SMILES string of the molecule is CCCC(c1ccccn1)N(C)CC(O)COCc1cccs1. The fourth-order valence-electron chi connectivity index (χ4n) is 2.64. The lowest BCUT2D eigenvalue weighted by Gasteiger charge is -2.29. The summed E-state index contributed by atoms with van der Waals surface area (Å²) < 4.78 is 5.60. The second-order valence-electron chi connectivity index (χ2n) is 5.75. The molecule has 2 aromatic heterocycles. The minimum absolute atomic E-state index is 0.230. The van der Waals surface area contributed by atoms with Crippen molar-refractivity contribution in [3.05, 3.63) is 52.5 Å². The summed E-state index contributed by atoms with van der Waals surface area (Å²) in [5.41, 5.74) is 1.06. The molecule has 5 heteroatoms. The van der Waals surface area contributed by atoms with Crippen LogP contribution in [0.4, 0.5) is 0 Å². The van der Waals surface area contributed by atoms with Gasteiger partial charge < -0.3 is 9.84 Å². The minimum Gasteiger partial charge on any atom is -0.389 e.